The zero-order valence-electron chi connectivity index (χ0n) is 8.67. The topological polar surface area (TPSA) is 84.9 Å². The highest BCUT2D eigenvalue weighted by molar-refractivity contribution is 5.59. The minimum atomic E-state index is 0.205. The van der Waals surface area contributed by atoms with Crippen LogP contribution in [0.15, 0.2) is 30.5 Å². The molecule has 0 bridgehead atoms. The summed E-state index contributed by atoms with van der Waals surface area (Å²) < 4.78 is 0. The summed E-state index contributed by atoms with van der Waals surface area (Å²) >= 11 is 0. The number of aromatic hydroxyl groups is 1. The highest BCUT2D eigenvalue weighted by Gasteiger charge is 2.03. The molecule has 0 saturated carbocycles. The predicted octanol–water partition coefficient (Wildman–Crippen LogP) is 0.745. The Hall–Kier alpha value is -2.01. The van der Waals surface area contributed by atoms with Crippen LogP contribution in [0.5, 0.6) is 5.75 Å². The van der Waals surface area contributed by atoms with Gasteiger partial charge in [0.05, 0.1) is 11.9 Å². The number of hydrogen-bond donors (Lipinski definition) is 2. The van der Waals surface area contributed by atoms with E-state index < -0.39 is 0 Å². The summed E-state index contributed by atoms with van der Waals surface area (Å²) in [6.07, 6.45) is 2.16. The molecule has 2 rings (SSSR count). The molecule has 0 saturated heterocycles. The van der Waals surface area contributed by atoms with Crippen LogP contribution in [-0.4, -0.2) is 26.8 Å². The van der Waals surface area contributed by atoms with E-state index in [1.807, 2.05) is 6.07 Å². The number of hydrogen-bond acceptors (Lipinski definition) is 5. The summed E-state index contributed by atoms with van der Waals surface area (Å²) in [5.74, 6) is 0.819. The molecule has 0 atom stereocenters. The normalized spacial score (nSPS) is 10.3. The summed E-state index contributed by atoms with van der Waals surface area (Å²) in [6.45, 7) is 0.491. The molecule has 1 heterocycles. The smallest absolute Gasteiger partial charge is 0.152 e. The lowest BCUT2D eigenvalue weighted by atomic mass is 10.1. The maximum Gasteiger partial charge on any atom is 0.152 e. The van der Waals surface area contributed by atoms with Gasteiger partial charge in [-0.25, -0.2) is 4.98 Å². The molecule has 2 aromatic rings. The van der Waals surface area contributed by atoms with E-state index in [1.54, 1.807) is 24.4 Å². The van der Waals surface area contributed by atoms with E-state index in [9.17, 15) is 5.11 Å². The number of nitrogens with two attached hydrogens (primary N) is 1. The molecule has 0 fully saturated rings. The Morgan fingerprint density at radius 1 is 1.31 bits per heavy atom. The van der Waals surface area contributed by atoms with Crippen molar-refractivity contribution in [1.29, 1.82) is 0 Å². The minimum Gasteiger partial charge on any atom is -0.508 e. The van der Waals surface area contributed by atoms with Crippen molar-refractivity contribution < 1.29 is 5.11 Å². The van der Waals surface area contributed by atoms with Gasteiger partial charge in [-0.05, 0) is 18.7 Å². The van der Waals surface area contributed by atoms with E-state index in [0.29, 0.717) is 24.5 Å². The van der Waals surface area contributed by atoms with Crippen LogP contribution in [0.4, 0.5) is 0 Å². The lowest BCUT2D eigenvalue weighted by molar-refractivity contribution is 0.475. The summed E-state index contributed by atoms with van der Waals surface area (Å²) in [6, 6.07) is 6.86. The number of rotatable bonds is 3. The fourth-order valence-electron chi connectivity index (χ4n) is 1.38. The fraction of sp³-hybridized carbons (Fsp3) is 0.182. The third-order valence-electron chi connectivity index (χ3n) is 2.11. The Bertz CT molecular complexity index is 487. The third-order valence-corrected chi connectivity index (χ3v) is 2.11. The first-order chi connectivity index (χ1) is 7.79. The molecule has 1 aromatic carbocycles. The molecule has 5 nitrogen and oxygen atoms in total. The van der Waals surface area contributed by atoms with Crippen LogP contribution in [0.3, 0.4) is 0 Å². The molecule has 5 heteroatoms. The van der Waals surface area contributed by atoms with Crippen molar-refractivity contribution in [2.24, 2.45) is 5.73 Å². The standard InChI is InChI=1S/C11H12N4O/c12-5-4-11-14-10(7-13-15-11)8-2-1-3-9(16)6-8/h1-3,6-7,16H,4-5,12H2. The Labute approximate surface area is 93.0 Å². The second kappa shape index (κ2) is 4.67. The van der Waals surface area contributed by atoms with E-state index in [2.05, 4.69) is 15.2 Å². The highest BCUT2D eigenvalue weighted by atomic mass is 16.3. The molecular weight excluding hydrogens is 204 g/mol. The van der Waals surface area contributed by atoms with Crippen LogP contribution in [0.2, 0.25) is 0 Å². The highest BCUT2D eigenvalue weighted by Crippen LogP contribution is 2.20. The van der Waals surface area contributed by atoms with Crippen LogP contribution in [0.25, 0.3) is 11.3 Å². The van der Waals surface area contributed by atoms with Gasteiger partial charge in [0, 0.05) is 12.0 Å². The summed E-state index contributed by atoms with van der Waals surface area (Å²) in [7, 11) is 0. The second-order valence-corrected chi connectivity index (χ2v) is 3.35. The Balaban J connectivity index is 2.36. The second-order valence-electron chi connectivity index (χ2n) is 3.35. The maximum atomic E-state index is 9.36. The average molecular weight is 216 g/mol. The molecule has 82 valence electrons. The van der Waals surface area contributed by atoms with Gasteiger partial charge in [0.25, 0.3) is 0 Å². The van der Waals surface area contributed by atoms with Crippen molar-refractivity contribution in [2.45, 2.75) is 6.42 Å². The first kappa shape index (κ1) is 10.5. The van der Waals surface area contributed by atoms with Gasteiger partial charge in [-0.2, -0.15) is 5.10 Å². The summed E-state index contributed by atoms with van der Waals surface area (Å²) in [4.78, 5) is 4.31. The van der Waals surface area contributed by atoms with Crippen LogP contribution >= 0.6 is 0 Å². The monoisotopic (exact) mass is 216 g/mol. The van der Waals surface area contributed by atoms with E-state index >= 15 is 0 Å². The molecule has 0 aliphatic heterocycles. The third kappa shape index (κ3) is 2.32. The molecule has 0 aliphatic carbocycles. The van der Waals surface area contributed by atoms with Gasteiger partial charge in [-0.15, -0.1) is 5.10 Å². The number of benzene rings is 1. The zero-order chi connectivity index (χ0) is 11.4. The lowest BCUT2D eigenvalue weighted by Gasteiger charge is -2.02. The molecule has 3 N–H and O–H groups in total. The van der Waals surface area contributed by atoms with Crippen molar-refractivity contribution in [1.82, 2.24) is 15.2 Å². The Kier molecular flexibility index (Phi) is 3.07. The van der Waals surface area contributed by atoms with Gasteiger partial charge in [0.2, 0.25) is 0 Å². The molecule has 0 radical (unpaired) electrons. The Morgan fingerprint density at radius 2 is 2.19 bits per heavy atom. The van der Waals surface area contributed by atoms with Crippen LogP contribution in [-0.2, 0) is 6.42 Å². The van der Waals surface area contributed by atoms with Gasteiger partial charge in [0.15, 0.2) is 5.82 Å². The molecule has 0 aliphatic rings. The number of phenolic OH excluding ortho intramolecular Hbond substituents is 1. The molecule has 16 heavy (non-hydrogen) atoms. The summed E-state index contributed by atoms with van der Waals surface area (Å²) in [5, 5.41) is 17.1. The number of nitrogens with zero attached hydrogens (tertiary/aromatic N) is 3. The van der Waals surface area contributed by atoms with E-state index in [-0.39, 0.29) is 5.75 Å². The van der Waals surface area contributed by atoms with Crippen molar-refractivity contribution in [2.75, 3.05) is 6.54 Å². The van der Waals surface area contributed by atoms with Gasteiger partial charge < -0.3 is 10.8 Å². The number of aromatic nitrogens is 3. The largest absolute Gasteiger partial charge is 0.508 e. The van der Waals surface area contributed by atoms with Crippen LogP contribution in [0.1, 0.15) is 5.82 Å². The number of phenols is 1. The van der Waals surface area contributed by atoms with Crippen molar-refractivity contribution in [3.63, 3.8) is 0 Å². The molecule has 0 unspecified atom stereocenters. The van der Waals surface area contributed by atoms with Crippen molar-refractivity contribution in [3.8, 4) is 17.0 Å². The van der Waals surface area contributed by atoms with Gasteiger partial charge in [0.1, 0.15) is 5.75 Å². The molecule has 0 amide bonds. The summed E-state index contributed by atoms with van der Waals surface area (Å²) in [5.41, 5.74) is 6.93. The van der Waals surface area contributed by atoms with Gasteiger partial charge >= 0.3 is 0 Å². The van der Waals surface area contributed by atoms with Crippen molar-refractivity contribution >= 4 is 0 Å². The molecule has 0 spiro atoms. The van der Waals surface area contributed by atoms with Gasteiger partial charge in [-0.3, -0.25) is 0 Å². The van der Waals surface area contributed by atoms with Crippen molar-refractivity contribution in [3.05, 3.63) is 36.3 Å². The predicted molar refractivity (Wildman–Crippen MR) is 59.7 cm³/mol. The molecular formula is C11H12N4O. The first-order valence-corrected chi connectivity index (χ1v) is 4.97. The van der Waals surface area contributed by atoms with E-state index in [4.69, 9.17) is 5.73 Å². The first-order valence-electron chi connectivity index (χ1n) is 4.97. The van der Waals surface area contributed by atoms with Crippen LogP contribution in [0, 0.1) is 0 Å². The minimum absolute atomic E-state index is 0.205. The Morgan fingerprint density at radius 3 is 2.94 bits per heavy atom. The maximum absolute atomic E-state index is 9.36. The lowest BCUT2D eigenvalue weighted by Crippen LogP contribution is -2.07. The van der Waals surface area contributed by atoms with Crippen LogP contribution < -0.4 is 5.73 Å². The quantitative estimate of drug-likeness (QED) is 0.790. The van der Waals surface area contributed by atoms with Gasteiger partial charge in [-0.1, -0.05) is 12.1 Å². The average Bonchev–Trinajstić information content (AvgIpc) is 2.30. The fourth-order valence-corrected chi connectivity index (χ4v) is 1.38. The SMILES string of the molecule is NCCc1nncc(-c2cccc(O)c2)n1. The van der Waals surface area contributed by atoms with E-state index in [1.165, 1.54) is 0 Å². The molecule has 1 aromatic heterocycles. The zero-order valence-corrected chi connectivity index (χ0v) is 8.67. The van der Waals surface area contributed by atoms with E-state index in [0.717, 1.165) is 5.56 Å².